The van der Waals surface area contributed by atoms with Gasteiger partial charge in [0.1, 0.15) is 74.8 Å². The average Bonchev–Trinajstić information content (AvgIpc) is 1.71. The Morgan fingerprint density at radius 2 is 0.669 bits per heavy atom. The Morgan fingerprint density at radius 3 is 0.923 bits per heavy atom. The van der Waals surface area contributed by atoms with Gasteiger partial charge in [-0.2, -0.15) is 0 Å². The number of halogens is 3. The van der Waals surface area contributed by atoms with Crippen molar-refractivity contribution >= 4 is 162 Å². The molecule has 0 unspecified atom stereocenters. The van der Waals surface area contributed by atoms with Crippen LogP contribution in [0.15, 0.2) is 12.4 Å². The van der Waals surface area contributed by atoms with Gasteiger partial charge >= 0.3 is 81.6 Å². The molecule has 0 saturated heterocycles. The van der Waals surface area contributed by atoms with Crippen LogP contribution in [0, 0.1) is 47.8 Å². The Labute approximate surface area is 809 Å². The van der Waals surface area contributed by atoms with Crippen molar-refractivity contribution in [2.45, 2.75) is 395 Å². The zero-order valence-electron chi connectivity index (χ0n) is 86.9. The highest BCUT2D eigenvalue weighted by atomic mass is 79.9. The van der Waals surface area contributed by atoms with Crippen LogP contribution in [0.2, 0.25) is 0 Å². The molecule has 0 radical (unpaired) electrons. The van der Waals surface area contributed by atoms with Crippen molar-refractivity contribution in [3.63, 3.8) is 0 Å². The molecule has 2 aromatic rings. The van der Waals surface area contributed by atoms with Crippen LogP contribution in [0.1, 0.15) is 343 Å². The van der Waals surface area contributed by atoms with E-state index in [2.05, 4.69) is 63.1 Å². The lowest BCUT2D eigenvalue weighted by atomic mass is 9.84. The van der Waals surface area contributed by atoms with Gasteiger partial charge in [-0.3, -0.25) is 77.8 Å². The van der Waals surface area contributed by atoms with E-state index in [4.69, 9.17) is 67.4 Å². The molecule has 0 saturated carbocycles. The van der Waals surface area contributed by atoms with Gasteiger partial charge in [0.15, 0.2) is 37.8 Å². The molecule has 2 aromatic heterocycles. The number of carboxylic acids is 2. The molecule has 754 valence electrons. The van der Waals surface area contributed by atoms with E-state index in [1.165, 1.54) is 26.0 Å². The van der Waals surface area contributed by atoms with Crippen molar-refractivity contribution in [3.8, 4) is 0 Å². The van der Waals surface area contributed by atoms with Gasteiger partial charge in [0.25, 0.3) is 0 Å². The first kappa shape index (κ1) is 125. The van der Waals surface area contributed by atoms with E-state index in [0.717, 1.165) is 64.6 Å². The number of nitrogens with one attached hydrogen (secondary N) is 1. The molecule has 0 fully saturated rings. The van der Waals surface area contributed by atoms with Crippen molar-refractivity contribution in [2.24, 2.45) is 33.3 Å². The zero-order valence-corrected chi connectivity index (χ0v) is 90.2. The highest BCUT2D eigenvalue weighted by molar-refractivity contribution is 9.09. The summed E-state index contributed by atoms with van der Waals surface area (Å²) in [6.45, 7) is 58.6. The molecule has 0 amide bonds. The monoisotopic (exact) mass is 2090 g/mol. The predicted molar refractivity (Wildman–Crippen MR) is 514 cm³/mol. The maximum atomic E-state index is 12.7. The Hall–Kier alpha value is -7.30. The lowest BCUT2D eigenvalue weighted by Crippen LogP contribution is -2.44. The molecular formula is C90H158Br3N7O28S2. The third-order valence-electron chi connectivity index (χ3n) is 15.7. The molecule has 5 N–H and O–H groups in total. The number of alkyl halides is 3. The number of carbonyl (C=O) groups is 12. The van der Waals surface area contributed by atoms with Gasteiger partial charge in [-0.05, 0) is 349 Å². The van der Waals surface area contributed by atoms with Crippen molar-refractivity contribution in [3.05, 3.63) is 32.6 Å². The van der Waals surface area contributed by atoms with Gasteiger partial charge in [0, 0.05) is 40.2 Å². The minimum atomic E-state index is -2.59. The highest BCUT2D eigenvalue weighted by Crippen LogP contribution is 2.37. The van der Waals surface area contributed by atoms with E-state index in [1.54, 1.807) is 228 Å². The van der Waals surface area contributed by atoms with Crippen LogP contribution in [-0.4, -0.2) is 200 Å². The van der Waals surface area contributed by atoms with Crippen molar-refractivity contribution < 1.29 is 129 Å². The summed E-state index contributed by atoms with van der Waals surface area (Å²) in [7, 11) is 0. The summed E-state index contributed by atoms with van der Waals surface area (Å²) in [6.07, 6.45) is 9.84. The SMILES string of the molecule is BrCCCCBr.CC(C(=O)OC(C)(C)C)C(=O)OC(C)(C)C.CC(C)(C)OC(=O)C(C)(CCCCBr)C(=O)OC(C)(C)C.CC(C)(C)OC(=O)C(C)(CCCCN)C(=O)OC(C)(C)C.CC(C)(C)OC(=O)C(C)(CCCCNc1ncc([N+](=O)[O-])s1)C(=O)OC(C)(C)C.CC(C)(C)OC(=O)CC(=O)OC(C)(C)C.[3H]C([3H])([3H])N(CCCCC(C)(C(=O)O)C(=O)O)c1ncc([N+](=O)[O-])s1. The highest BCUT2D eigenvalue weighted by Gasteiger charge is 2.50. The number of hydrogen-bond donors (Lipinski definition) is 4. The molecule has 0 bridgehead atoms. The Kier molecular flexibility index (Phi) is 55.7. The minimum absolute atomic E-state index is 0.0325. The number of carboxylic acid groups (broad SMARTS) is 2. The number of aromatic nitrogens is 2. The van der Waals surface area contributed by atoms with Crippen molar-refractivity contribution in [1.82, 2.24) is 9.97 Å². The number of hydrogen-bond acceptors (Lipinski definition) is 33. The van der Waals surface area contributed by atoms with Crippen LogP contribution in [0.4, 0.5) is 20.3 Å². The van der Waals surface area contributed by atoms with Gasteiger partial charge in [0.2, 0.25) is 0 Å². The number of rotatable bonds is 37. The van der Waals surface area contributed by atoms with Gasteiger partial charge < -0.3 is 73.5 Å². The summed E-state index contributed by atoms with van der Waals surface area (Å²) in [5.74, 6) is -9.38. The molecular weight excluding hydrogens is 1930 g/mol. The number of esters is 10. The summed E-state index contributed by atoms with van der Waals surface area (Å²) in [4.78, 5) is 172. The van der Waals surface area contributed by atoms with Gasteiger partial charge in [-0.25, -0.2) is 9.97 Å². The zero-order chi connectivity index (χ0) is 106. The second-order valence-corrected chi connectivity index (χ2v) is 45.4. The normalized spacial score (nSPS) is 12.6. The second-order valence-electron chi connectivity index (χ2n) is 41.1. The molecule has 0 aliphatic rings. The number of unbranched alkanes of at least 4 members (excludes halogenated alkanes) is 5. The summed E-state index contributed by atoms with van der Waals surface area (Å²) in [6, 6.07) is 0. The minimum Gasteiger partial charge on any atom is -0.480 e. The second kappa shape index (κ2) is 58.1. The largest absolute Gasteiger partial charge is 0.480 e. The van der Waals surface area contributed by atoms with Gasteiger partial charge in [-0.1, -0.05) is 60.6 Å². The Bertz CT molecular complexity index is 3750. The number of thiazole rings is 2. The first-order chi connectivity index (χ1) is 59.5. The van der Waals surface area contributed by atoms with Crippen LogP contribution in [-0.2, 0) is 105 Å². The lowest BCUT2D eigenvalue weighted by molar-refractivity contribution is -0.380. The number of carbonyl (C=O) groups excluding carboxylic acids is 10. The fraction of sp³-hybridized carbons (Fsp3) is 0.800. The van der Waals surface area contributed by atoms with Crippen LogP contribution < -0.4 is 16.0 Å². The molecule has 40 heteroatoms. The lowest BCUT2D eigenvalue weighted by Gasteiger charge is -2.32. The number of anilines is 2. The third-order valence-corrected chi connectivity index (χ3v) is 19.2. The van der Waals surface area contributed by atoms with E-state index in [1.807, 2.05) is 0 Å². The molecule has 0 atom stereocenters. The van der Waals surface area contributed by atoms with Crippen LogP contribution >= 0.6 is 70.5 Å². The molecule has 130 heavy (non-hydrogen) atoms. The van der Waals surface area contributed by atoms with Crippen LogP contribution in [0.25, 0.3) is 0 Å². The van der Waals surface area contributed by atoms with Crippen LogP contribution in [0.3, 0.4) is 0 Å². The molecule has 0 aromatic carbocycles. The standard InChI is InChI=1S/C19H31N3O6S.C16H29BrO4.C16H31NO4.C12H17N3O6S.C12H22O4.C11H20O4.C4H8Br2/c1-17(2,3)27-14(23)19(7,15(24)28-18(4,5)6)10-8-9-11-20-16-21-12-13(29-16)22(25)26;2*1-14(2,3)20-12(18)16(7,10-8-9-11-17)13(19)21-15(4,5)6;1-12(9(16)17,10(18)19)5-3-4-6-14(2)11-13-7-8(22-11)15(20)21;1-8(9(13)15-11(2,3)4)10(14)16-12(5,6)7;1-10(2,3)14-8(12)7-9(13)15-11(4,5)6;5-3-1-2-4-6/h12H,8-11H2,1-7H3,(H,20,21);8-11H2,1-7H3;8-11,17H2,1-7H3;7H,3-6H2,1-2H3,(H,16,17)(H,18,19);8H,1-7H3;7H2,1-6H3;1-4H2/i;;;2T3;;;. The Morgan fingerprint density at radius 1 is 0.408 bits per heavy atom. The quantitative estimate of drug-likeness (QED) is 0.00928. The first-order valence-electron chi connectivity index (χ1n) is 44.4. The fourth-order valence-electron chi connectivity index (χ4n) is 9.19. The van der Waals surface area contributed by atoms with Crippen molar-refractivity contribution in [1.29, 1.82) is 0 Å². The smallest absolute Gasteiger partial charge is 0.345 e. The summed E-state index contributed by atoms with van der Waals surface area (Å²) >= 11 is 11.6. The van der Waals surface area contributed by atoms with E-state index in [-0.39, 0.29) is 53.8 Å². The molecule has 35 nitrogen and oxygen atoms in total. The number of nitrogens with two attached hydrogens (primary N) is 1. The molecule has 2 heterocycles. The van der Waals surface area contributed by atoms with Gasteiger partial charge in [0.05, 0.1) is 9.85 Å². The predicted octanol–water partition coefficient (Wildman–Crippen LogP) is 20.1. The number of nitrogens with zero attached hydrogens (tertiary/aromatic N) is 5. The topological polar surface area (TPSA) is 491 Å². The van der Waals surface area contributed by atoms with Gasteiger partial charge in [-0.15, -0.1) is 0 Å². The maximum Gasteiger partial charge on any atom is 0.345 e. The fourth-order valence-corrected chi connectivity index (χ4v) is 11.7. The number of ether oxygens (including phenoxy) is 10. The molecule has 2 rings (SSSR count). The van der Waals surface area contributed by atoms with Crippen molar-refractivity contribution in [2.75, 3.05) is 52.8 Å². The average molecular weight is 2100 g/mol. The maximum absolute atomic E-state index is 12.7. The number of nitro groups is 2. The van der Waals surface area contributed by atoms with E-state index in [9.17, 15) is 77.8 Å². The van der Waals surface area contributed by atoms with Crippen LogP contribution in [0.5, 0.6) is 0 Å². The van der Waals surface area contributed by atoms with E-state index in [0.29, 0.717) is 61.7 Å². The first-order valence-corrected chi connectivity index (χ1v) is 47.9. The molecule has 0 spiro atoms. The summed E-state index contributed by atoms with van der Waals surface area (Å²) in [5.41, 5.74) is -6.76. The summed E-state index contributed by atoms with van der Waals surface area (Å²) in [5, 5.41) is 45.6. The van der Waals surface area contributed by atoms with E-state index >= 15 is 0 Å². The summed E-state index contributed by atoms with van der Waals surface area (Å²) < 4.78 is 75.2. The Balaban J connectivity index is -0.000000492. The third kappa shape index (κ3) is 63.8. The van der Waals surface area contributed by atoms with E-state index < -0.39 is 172 Å². The molecule has 0 aliphatic carbocycles. The number of aliphatic carboxylic acids is 2. The molecule has 0 aliphatic heterocycles.